The number of carbonyl (C=O) groups is 1. The van der Waals surface area contributed by atoms with Crippen molar-refractivity contribution in [1.82, 2.24) is 15.0 Å². The molecule has 2 aromatic rings. The van der Waals surface area contributed by atoms with Crippen molar-refractivity contribution in [2.45, 2.75) is 32.2 Å². The number of likely N-dealkylation sites (tertiary alicyclic amines) is 1. The molecular weight excluding hydrogens is 282 g/mol. The van der Waals surface area contributed by atoms with Crippen LogP contribution in [-0.2, 0) is 11.3 Å². The Kier molecular flexibility index (Phi) is 4.37. The summed E-state index contributed by atoms with van der Waals surface area (Å²) in [5.74, 6) is 1.63. The molecule has 0 saturated carbocycles. The second-order valence-electron chi connectivity index (χ2n) is 5.46. The molecule has 0 radical (unpaired) electrons. The average Bonchev–Trinajstić information content (AvgIpc) is 3.17. The van der Waals surface area contributed by atoms with Gasteiger partial charge in [0.2, 0.25) is 12.3 Å². The average molecular weight is 301 g/mol. The van der Waals surface area contributed by atoms with Crippen molar-refractivity contribution >= 4 is 5.91 Å². The highest BCUT2D eigenvalue weighted by Gasteiger charge is 2.32. The van der Waals surface area contributed by atoms with Gasteiger partial charge in [0.15, 0.2) is 5.82 Å². The van der Waals surface area contributed by atoms with Gasteiger partial charge in [-0.1, -0.05) is 24.2 Å². The Labute approximate surface area is 129 Å². The lowest BCUT2D eigenvalue weighted by atomic mass is 10.1. The van der Waals surface area contributed by atoms with Gasteiger partial charge in [-0.2, -0.15) is 4.98 Å². The van der Waals surface area contributed by atoms with E-state index in [1.807, 2.05) is 29.2 Å². The van der Waals surface area contributed by atoms with E-state index in [-0.39, 0.29) is 11.8 Å². The summed E-state index contributed by atoms with van der Waals surface area (Å²) in [5.41, 5.74) is 1.09. The Morgan fingerprint density at radius 3 is 2.86 bits per heavy atom. The molecule has 3 rings (SSSR count). The van der Waals surface area contributed by atoms with E-state index in [4.69, 9.17) is 9.26 Å². The summed E-state index contributed by atoms with van der Waals surface area (Å²) in [6.45, 7) is 4.03. The molecule has 22 heavy (non-hydrogen) atoms. The molecule has 0 spiro atoms. The van der Waals surface area contributed by atoms with Crippen molar-refractivity contribution in [3.8, 4) is 5.75 Å². The van der Waals surface area contributed by atoms with Crippen molar-refractivity contribution in [3.05, 3.63) is 42.0 Å². The van der Waals surface area contributed by atoms with E-state index in [0.717, 1.165) is 24.3 Å². The summed E-state index contributed by atoms with van der Waals surface area (Å²) < 4.78 is 10.3. The van der Waals surface area contributed by atoms with E-state index >= 15 is 0 Å². The molecular formula is C16H19N3O3. The van der Waals surface area contributed by atoms with Crippen LogP contribution >= 0.6 is 0 Å². The maximum Gasteiger partial charge on any atom is 0.223 e. The zero-order valence-electron chi connectivity index (χ0n) is 12.6. The number of aromatic nitrogens is 2. The minimum Gasteiger partial charge on any atom is -0.494 e. The summed E-state index contributed by atoms with van der Waals surface area (Å²) in [6.07, 6.45) is 2.73. The van der Waals surface area contributed by atoms with Gasteiger partial charge < -0.3 is 14.2 Å². The molecule has 1 aliphatic heterocycles. The smallest absolute Gasteiger partial charge is 0.223 e. The van der Waals surface area contributed by atoms with Crippen LogP contribution in [0, 0.1) is 0 Å². The van der Waals surface area contributed by atoms with Crippen LogP contribution in [0.4, 0.5) is 0 Å². The van der Waals surface area contributed by atoms with Crippen LogP contribution in [0.3, 0.4) is 0 Å². The molecule has 1 aromatic carbocycles. The second-order valence-corrected chi connectivity index (χ2v) is 5.46. The third-order valence-corrected chi connectivity index (χ3v) is 3.73. The standard InChI is InChI=1S/C16H19N3O3/c1-2-7-21-14-5-3-12(4-6-14)9-19-10-13(8-15(19)20)16-17-11-22-18-16/h3-6,11,13H,2,7-10H2,1H3. The van der Waals surface area contributed by atoms with Gasteiger partial charge >= 0.3 is 0 Å². The van der Waals surface area contributed by atoms with Gasteiger partial charge in [0.05, 0.1) is 6.61 Å². The molecule has 1 aromatic heterocycles. The molecule has 0 aliphatic carbocycles. The predicted molar refractivity (Wildman–Crippen MR) is 79.3 cm³/mol. The molecule has 1 unspecified atom stereocenters. The van der Waals surface area contributed by atoms with Crippen molar-refractivity contribution < 1.29 is 14.1 Å². The van der Waals surface area contributed by atoms with Gasteiger partial charge in [0.1, 0.15) is 5.75 Å². The Morgan fingerprint density at radius 2 is 2.18 bits per heavy atom. The monoisotopic (exact) mass is 301 g/mol. The fourth-order valence-corrected chi connectivity index (χ4v) is 2.59. The van der Waals surface area contributed by atoms with Crippen LogP contribution in [0.2, 0.25) is 0 Å². The number of benzene rings is 1. The van der Waals surface area contributed by atoms with E-state index in [2.05, 4.69) is 17.1 Å². The fraction of sp³-hybridized carbons (Fsp3) is 0.438. The van der Waals surface area contributed by atoms with E-state index in [1.54, 1.807) is 0 Å². The fourth-order valence-electron chi connectivity index (χ4n) is 2.59. The first-order chi connectivity index (χ1) is 10.8. The number of rotatable bonds is 6. The number of hydrogen-bond acceptors (Lipinski definition) is 5. The van der Waals surface area contributed by atoms with Crippen molar-refractivity contribution in [3.63, 3.8) is 0 Å². The number of amides is 1. The zero-order valence-corrected chi connectivity index (χ0v) is 12.6. The lowest BCUT2D eigenvalue weighted by Crippen LogP contribution is -2.24. The maximum atomic E-state index is 12.1. The van der Waals surface area contributed by atoms with Crippen LogP contribution in [0.1, 0.15) is 37.1 Å². The van der Waals surface area contributed by atoms with Gasteiger partial charge in [0, 0.05) is 25.4 Å². The quantitative estimate of drug-likeness (QED) is 0.819. The highest BCUT2D eigenvalue weighted by Crippen LogP contribution is 2.27. The molecule has 1 fully saturated rings. The Hall–Kier alpha value is -2.37. The largest absolute Gasteiger partial charge is 0.494 e. The first-order valence-corrected chi connectivity index (χ1v) is 7.52. The highest BCUT2D eigenvalue weighted by molar-refractivity contribution is 5.79. The lowest BCUT2D eigenvalue weighted by Gasteiger charge is -2.16. The predicted octanol–water partition coefficient (Wildman–Crippen LogP) is 2.37. The minimum absolute atomic E-state index is 0.0263. The van der Waals surface area contributed by atoms with Gasteiger partial charge in [0.25, 0.3) is 0 Å². The normalized spacial score (nSPS) is 18.0. The van der Waals surface area contributed by atoms with E-state index in [1.165, 1.54) is 6.39 Å². The zero-order chi connectivity index (χ0) is 15.4. The molecule has 1 atom stereocenters. The molecule has 0 bridgehead atoms. The third kappa shape index (κ3) is 3.27. The van der Waals surface area contributed by atoms with Crippen LogP contribution in [0.5, 0.6) is 5.75 Å². The number of carbonyl (C=O) groups excluding carboxylic acids is 1. The van der Waals surface area contributed by atoms with Gasteiger partial charge in [-0.3, -0.25) is 4.79 Å². The van der Waals surface area contributed by atoms with Gasteiger partial charge in [-0.25, -0.2) is 0 Å². The van der Waals surface area contributed by atoms with Gasteiger partial charge in [-0.15, -0.1) is 0 Å². The summed E-state index contributed by atoms with van der Waals surface area (Å²) in [6, 6.07) is 7.89. The molecule has 6 nitrogen and oxygen atoms in total. The lowest BCUT2D eigenvalue weighted by molar-refractivity contribution is -0.128. The van der Waals surface area contributed by atoms with E-state index in [9.17, 15) is 4.79 Å². The Bertz CT molecular complexity index is 610. The summed E-state index contributed by atoms with van der Waals surface area (Å²) >= 11 is 0. The molecule has 1 aliphatic rings. The van der Waals surface area contributed by atoms with Crippen molar-refractivity contribution in [2.75, 3.05) is 13.2 Å². The van der Waals surface area contributed by atoms with Crippen LogP contribution in [0.25, 0.3) is 0 Å². The van der Waals surface area contributed by atoms with E-state index < -0.39 is 0 Å². The summed E-state index contributed by atoms with van der Waals surface area (Å²) in [5, 5.41) is 3.83. The molecule has 0 N–H and O–H groups in total. The molecule has 116 valence electrons. The van der Waals surface area contributed by atoms with Crippen molar-refractivity contribution in [1.29, 1.82) is 0 Å². The minimum atomic E-state index is 0.0263. The SMILES string of the molecule is CCCOc1ccc(CN2CC(c3ncon3)CC2=O)cc1. The summed E-state index contributed by atoms with van der Waals surface area (Å²) in [4.78, 5) is 18.0. The first kappa shape index (κ1) is 14.6. The maximum absolute atomic E-state index is 12.1. The molecule has 2 heterocycles. The van der Waals surface area contributed by atoms with Gasteiger partial charge in [-0.05, 0) is 24.1 Å². The second kappa shape index (κ2) is 6.60. The molecule has 1 amide bonds. The first-order valence-electron chi connectivity index (χ1n) is 7.52. The Morgan fingerprint density at radius 1 is 1.36 bits per heavy atom. The number of hydrogen-bond donors (Lipinski definition) is 0. The highest BCUT2D eigenvalue weighted by atomic mass is 16.5. The topological polar surface area (TPSA) is 68.5 Å². The number of nitrogens with zero attached hydrogens (tertiary/aromatic N) is 3. The summed E-state index contributed by atoms with van der Waals surface area (Å²) in [7, 11) is 0. The molecule has 6 heteroatoms. The molecule has 1 saturated heterocycles. The van der Waals surface area contributed by atoms with Crippen molar-refractivity contribution in [2.24, 2.45) is 0 Å². The third-order valence-electron chi connectivity index (χ3n) is 3.73. The Balaban J connectivity index is 1.60. The van der Waals surface area contributed by atoms with Crippen LogP contribution < -0.4 is 4.74 Å². The number of ether oxygens (including phenoxy) is 1. The van der Waals surface area contributed by atoms with E-state index in [0.29, 0.717) is 25.3 Å². The van der Waals surface area contributed by atoms with Crippen LogP contribution in [-0.4, -0.2) is 34.1 Å². The van der Waals surface area contributed by atoms with Crippen LogP contribution in [0.15, 0.2) is 35.2 Å².